The third-order valence-corrected chi connectivity index (χ3v) is 5.44. The van der Waals surface area contributed by atoms with Crippen molar-refractivity contribution in [1.82, 2.24) is 14.5 Å². The minimum Gasteiger partial charge on any atom is -0.332 e. The van der Waals surface area contributed by atoms with Crippen LogP contribution in [0.3, 0.4) is 0 Å². The Hall–Kier alpha value is -2.30. The molecule has 1 aromatic heterocycles. The predicted octanol–water partition coefficient (Wildman–Crippen LogP) is 5.39. The van der Waals surface area contributed by atoms with Crippen LogP contribution in [-0.4, -0.2) is 32.9 Å². The molecule has 1 aliphatic rings. The summed E-state index contributed by atoms with van der Waals surface area (Å²) in [4.78, 5) is 19.6. The maximum absolute atomic E-state index is 13.0. The second-order valence-electron chi connectivity index (χ2n) is 6.86. The highest BCUT2D eigenvalue weighted by Crippen LogP contribution is 2.38. The van der Waals surface area contributed by atoms with Crippen molar-refractivity contribution in [1.29, 1.82) is 0 Å². The summed E-state index contributed by atoms with van der Waals surface area (Å²) >= 11 is 12.5. The molecule has 2 aromatic carbocycles. The monoisotopic (exact) mass is 399 g/mol. The summed E-state index contributed by atoms with van der Waals surface area (Å²) in [6.07, 6.45) is 0. The van der Waals surface area contributed by atoms with Crippen LogP contribution in [0.1, 0.15) is 24.5 Å². The summed E-state index contributed by atoms with van der Waals surface area (Å²) in [5.41, 5.74) is 3.39. The smallest absolute Gasteiger partial charge is 0.290 e. The summed E-state index contributed by atoms with van der Waals surface area (Å²) in [5.74, 6) is 0.402. The number of carbonyl (C=O) groups is 1. The zero-order chi connectivity index (χ0) is 19.1. The van der Waals surface area contributed by atoms with E-state index in [1.54, 1.807) is 0 Å². The molecule has 0 spiro atoms. The number of hydrogen-bond acceptors (Lipinski definition) is 2. The van der Waals surface area contributed by atoms with E-state index in [2.05, 4.69) is 0 Å². The Kier molecular flexibility index (Phi) is 4.70. The van der Waals surface area contributed by atoms with Gasteiger partial charge in [0.05, 0.1) is 16.4 Å². The fraction of sp³-hybridized carbons (Fsp3) is 0.238. The standard InChI is InChI=1S/C21H19Cl2N3O/c1-13(2)25-11-12-26-19(14-7-9-15(22)10-8-14)18(24-20(26)21(25)27)16-5-3-4-6-17(16)23/h3-10,13H,11-12H2,1-2H3. The van der Waals surface area contributed by atoms with Gasteiger partial charge < -0.3 is 9.47 Å². The van der Waals surface area contributed by atoms with Crippen LogP contribution in [-0.2, 0) is 6.54 Å². The van der Waals surface area contributed by atoms with E-state index in [-0.39, 0.29) is 11.9 Å². The number of hydrogen-bond donors (Lipinski definition) is 0. The first-order valence-electron chi connectivity index (χ1n) is 8.89. The molecule has 3 aromatic rings. The normalized spacial score (nSPS) is 14.0. The lowest BCUT2D eigenvalue weighted by Crippen LogP contribution is -2.44. The van der Waals surface area contributed by atoms with Crippen LogP contribution in [0.5, 0.6) is 0 Å². The van der Waals surface area contributed by atoms with Crippen molar-refractivity contribution < 1.29 is 4.79 Å². The molecule has 4 nitrogen and oxygen atoms in total. The number of nitrogens with zero attached hydrogens (tertiary/aromatic N) is 3. The quantitative estimate of drug-likeness (QED) is 0.592. The molecule has 0 fully saturated rings. The average Bonchev–Trinajstić information content (AvgIpc) is 3.03. The van der Waals surface area contributed by atoms with Gasteiger partial charge in [-0.1, -0.05) is 53.5 Å². The van der Waals surface area contributed by atoms with E-state index in [0.717, 1.165) is 22.5 Å². The van der Waals surface area contributed by atoms with Gasteiger partial charge in [0.15, 0.2) is 5.82 Å². The third kappa shape index (κ3) is 3.13. The van der Waals surface area contributed by atoms with Crippen LogP contribution < -0.4 is 0 Å². The lowest BCUT2D eigenvalue weighted by molar-refractivity contribution is 0.0642. The molecule has 0 N–H and O–H groups in total. The zero-order valence-corrected chi connectivity index (χ0v) is 16.6. The fourth-order valence-electron chi connectivity index (χ4n) is 3.51. The van der Waals surface area contributed by atoms with Crippen molar-refractivity contribution >= 4 is 29.1 Å². The van der Waals surface area contributed by atoms with Crippen LogP contribution >= 0.6 is 23.2 Å². The first-order valence-corrected chi connectivity index (χ1v) is 9.65. The van der Waals surface area contributed by atoms with E-state index in [9.17, 15) is 4.79 Å². The van der Waals surface area contributed by atoms with Crippen molar-refractivity contribution in [3.8, 4) is 22.5 Å². The molecule has 2 heterocycles. The molecule has 138 valence electrons. The second kappa shape index (κ2) is 7.02. The molecule has 4 rings (SSSR count). The van der Waals surface area contributed by atoms with E-state index in [1.807, 2.05) is 71.8 Å². The van der Waals surface area contributed by atoms with E-state index < -0.39 is 0 Å². The predicted molar refractivity (Wildman–Crippen MR) is 109 cm³/mol. The number of carbonyl (C=O) groups excluding carboxylic acids is 1. The number of aromatic nitrogens is 2. The van der Waals surface area contributed by atoms with Crippen LogP contribution in [0, 0.1) is 0 Å². The molecular weight excluding hydrogens is 381 g/mol. The molecule has 0 unspecified atom stereocenters. The summed E-state index contributed by atoms with van der Waals surface area (Å²) in [6.45, 7) is 5.38. The zero-order valence-electron chi connectivity index (χ0n) is 15.1. The maximum atomic E-state index is 13.0. The fourth-order valence-corrected chi connectivity index (χ4v) is 3.86. The molecule has 1 aliphatic heterocycles. The van der Waals surface area contributed by atoms with E-state index in [0.29, 0.717) is 29.0 Å². The highest BCUT2D eigenvalue weighted by molar-refractivity contribution is 6.33. The van der Waals surface area contributed by atoms with Gasteiger partial charge >= 0.3 is 0 Å². The van der Waals surface area contributed by atoms with Gasteiger partial charge in [-0.05, 0) is 32.0 Å². The van der Waals surface area contributed by atoms with Gasteiger partial charge in [0, 0.05) is 35.3 Å². The molecule has 0 bridgehead atoms. The van der Waals surface area contributed by atoms with E-state index >= 15 is 0 Å². The molecule has 0 saturated heterocycles. The number of rotatable bonds is 3. The van der Waals surface area contributed by atoms with Gasteiger partial charge in [-0.15, -0.1) is 0 Å². The molecule has 0 aliphatic carbocycles. The Bertz CT molecular complexity index is 1010. The number of halogens is 2. The van der Waals surface area contributed by atoms with Gasteiger partial charge in [0.2, 0.25) is 0 Å². The highest BCUT2D eigenvalue weighted by atomic mass is 35.5. The van der Waals surface area contributed by atoms with Crippen LogP contribution in [0.2, 0.25) is 10.0 Å². The Labute approximate surface area is 168 Å². The number of fused-ring (bicyclic) bond motifs is 1. The molecular formula is C21H19Cl2N3O. The first-order chi connectivity index (χ1) is 13.0. The van der Waals surface area contributed by atoms with Crippen LogP contribution in [0.25, 0.3) is 22.5 Å². The Morgan fingerprint density at radius 1 is 1.00 bits per heavy atom. The Morgan fingerprint density at radius 3 is 2.37 bits per heavy atom. The SMILES string of the molecule is CC(C)N1CCn2c(nc(-c3ccccc3Cl)c2-c2ccc(Cl)cc2)C1=O. The van der Waals surface area contributed by atoms with Gasteiger partial charge in [-0.25, -0.2) is 4.98 Å². The van der Waals surface area contributed by atoms with Gasteiger partial charge in [0.25, 0.3) is 5.91 Å². The molecule has 6 heteroatoms. The van der Waals surface area contributed by atoms with Crippen molar-refractivity contribution in [2.75, 3.05) is 6.54 Å². The first kappa shape index (κ1) is 18.1. The third-order valence-electron chi connectivity index (χ3n) is 4.85. The van der Waals surface area contributed by atoms with Crippen molar-refractivity contribution in [3.05, 3.63) is 64.4 Å². The van der Waals surface area contributed by atoms with E-state index in [1.165, 1.54) is 0 Å². The molecule has 0 saturated carbocycles. The molecule has 27 heavy (non-hydrogen) atoms. The number of amides is 1. The Morgan fingerprint density at radius 2 is 1.70 bits per heavy atom. The minimum absolute atomic E-state index is 0.0511. The average molecular weight is 400 g/mol. The molecule has 0 radical (unpaired) electrons. The van der Waals surface area contributed by atoms with Gasteiger partial charge in [-0.3, -0.25) is 4.79 Å². The van der Waals surface area contributed by atoms with Crippen LogP contribution in [0.15, 0.2) is 48.5 Å². The summed E-state index contributed by atoms with van der Waals surface area (Å²) < 4.78 is 2.00. The second-order valence-corrected chi connectivity index (χ2v) is 7.71. The van der Waals surface area contributed by atoms with Crippen molar-refractivity contribution in [2.24, 2.45) is 0 Å². The van der Waals surface area contributed by atoms with Gasteiger partial charge in [-0.2, -0.15) is 0 Å². The molecule has 0 atom stereocenters. The topological polar surface area (TPSA) is 38.1 Å². The Balaban J connectivity index is 1.96. The maximum Gasteiger partial charge on any atom is 0.290 e. The van der Waals surface area contributed by atoms with Crippen LogP contribution in [0.4, 0.5) is 0 Å². The highest BCUT2D eigenvalue weighted by Gasteiger charge is 2.32. The summed E-state index contributed by atoms with van der Waals surface area (Å²) in [5, 5.41) is 1.27. The summed E-state index contributed by atoms with van der Waals surface area (Å²) in [6, 6.07) is 15.3. The lowest BCUT2D eigenvalue weighted by atomic mass is 10.0. The minimum atomic E-state index is -0.0511. The van der Waals surface area contributed by atoms with Gasteiger partial charge in [0.1, 0.15) is 0 Å². The van der Waals surface area contributed by atoms with Crippen molar-refractivity contribution in [2.45, 2.75) is 26.4 Å². The molecule has 1 amide bonds. The van der Waals surface area contributed by atoms with Crippen molar-refractivity contribution in [3.63, 3.8) is 0 Å². The number of benzene rings is 2. The largest absolute Gasteiger partial charge is 0.332 e. The summed E-state index contributed by atoms with van der Waals surface area (Å²) in [7, 11) is 0. The number of imidazole rings is 1. The van der Waals surface area contributed by atoms with E-state index in [4.69, 9.17) is 28.2 Å². The lowest BCUT2D eigenvalue weighted by Gasteiger charge is -2.31.